The van der Waals surface area contributed by atoms with Crippen molar-refractivity contribution in [3.05, 3.63) is 41.2 Å². The first-order chi connectivity index (χ1) is 16.5. The average molecular weight is 510 g/mol. The Morgan fingerprint density at radius 1 is 1.14 bits per heavy atom. The average Bonchev–Trinajstić information content (AvgIpc) is 3.29. The van der Waals surface area contributed by atoms with Gasteiger partial charge >= 0.3 is 18.2 Å². The monoisotopic (exact) mass is 509 g/mol. The van der Waals surface area contributed by atoms with Crippen molar-refractivity contribution in [1.82, 2.24) is 20.3 Å². The predicted octanol–water partition coefficient (Wildman–Crippen LogP) is 5.00. The van der Waals surface area contributed by atoms with Gasteiger partial charge in [-0.05, 0) is 38.5 Å². The number of nitrogens with zero attached hydrogens (tertiary/aromatic N) is 3. The summed E-state index contributed by atoms with van der Waals surface area (Å²) in [6.45, 7) is 5.64. The van der Waals surface area contributed by atoms with E-state index in [0.29, 0.717) is 17.7 Å². The van der Waals surface area contributed by atoms with Gasteiger partial charge < -0.3 is 14.8 Å². The fraction of sp³-hybridized carbons (Fsp3) is 0.318. The molecule has 2 N–H and O–H groups in total. The van der Waals surface area contributed by atoms with Crippen molar-refractivity contribution < 1.29 is 32.2 Å². The lowest BCUT2D eigenvalue weighted by Crippen LogP contribution is -2.28. The van der Waals surface area contributed by atoms with Crippen molar-refractivity contribution in [2.45, 2.75) is 33.1 Å². The number of alkyl halides is 3. The second kappa shape index (κ2) is 10.7. The van der Waals surface area contributed by atoms with Gasteiger partial charge in [-0.1, -0.05) is 0 Å². The summed E-state index contributed by atoms with van der Waals surface area (Å²) in [4.78, 5) is 36.2. The van der Waals surface area contributed by atoms with Crippen molar-refractivity contribution >= 4 is 29.2 Å². The molecule has 0 saturated carbocycles. The first-order valence-corrected chi connectivity index (χ1v) is 11.2. The summed E-state index contributed by atoms with van der Waals surface area (Å²) in [5.41, 5.74) is -0.133. The van der Waals surface area contributed by atoms with E-state index < -0.39 is 23.9 Å². The van der Waals surface area contributed by atoms with Crippen LogP contribution in [0.1, 0.15) is 37.0 Å². The number of rotatable bonds is 7. The number of carbonyl (C=O) groups is 2. The summed E-state index contributed by atoms with van der Waals surface area (Å²) in [6.07, 6.45) is -3.53. The highest BCUT2D eigenvalue weighted by molar-refractivity contribution is 7.13. The molecule has 3 rings (SSSR count). The van der Waals surface area contributed by atoms with Crippen LogP contribution in [0.3, 0.4) is 0 Å². The zero-order valence-corrected chi connectivity index (χ0v) is 20.0. The molecule has 0 aliphatic carbocycles. The number of methoxy groups -OCH3 is 1. The SMILES string of the molecule is CCNC(=O)Nc1cc(-c2nc(C(F)(F)F)cs2)c(-c2cc(OC(C)C)nc(C(=O)OC)c2)cn1. The second-order valence-corrected chi connectivity index (χ2v) is 8.23. The number of thiazole rings is 1. The molecule has 13 heteroatoms. The molecule has 2 amide bonds. The van der Waals surface area contributed by atoms with Crippen LogP contribution in [0, 0.1) is 0 Å². The number of esters is 1. The second-order valence-electron chi connectivity index (χ2n) is 7.37. The Balaban J connectivity index is 2.19. The van der Waals surface area contributed by atoms with E-state index in [4.69, 9.17) is 9.47 Å². The van der Waals surface area contributed by atoms with Gasteiger partial charge in [-0.2, -0.15) is 13.2 Å². The fourth-order valence-electron chi connectivity index (χ4n) is 2.95. The maximum atomic E-state index is 13.2. The van der Waals surface area contributed by atoms with Gasteiger partial charge in [-0.15, -0.1) is 11.3 Å². The molecule has 0 bridgehead atoms. The lowest BCUT2D eigenvalue weighted by Gasteiger charge is -2.14. The van der Waals surface area contributed by atoms with Gasteiger partial charge in [0, 0.05) is 35.3 Å². The number of pyridine rings is 2. The molecular formula is C22H22F3N5O4S. The molecule has 35 heavy (non-hydrogen) atoms. The maximum absolute atomic E-state index is 13.2. The van der Waals surface area contributed by atoms with Crippen LogP contribution in [0.5, 0.6) is 5.88 Å². The molecule has 0 aliphatic heterocycles. The summed E-state index contributed by atoms with van der Waals surface area (Å²) in [7, 11) is 1.20. The number of aromatic nitrogens is 3. The summed E-state index contributed by atoms with van der Waals surface area (Å²) >= 11 is 0.780. The molecule has 3 aromatic rings. The largest absolute Gasteiger partial charge is 0.475 e. The van der Waals surface area contributed by atoms with E-state index in [1.54, 1.807) is 20.8 Å². The highest BCUT2D eigenvalue weighted by Crippen LogP contribution is 2.39. The molecule has 0 saturated heterocycles. The van der Waals surface area contributed by atoms with Crippen LogP contribution < -0.4 is 15.4 Å². The number of anilines is 1. The van der Waals surface area contributed by atoms with Gasteiger partial charge in [0.2, 0.25) is 5.88 Å². The first-order valence-electron chi connectivity index (χ1n) is 10.4. The predicted molar refractivity (Wildman–Crippen MR) is 123 cm³/mol. The molecule has 186 valence electrons. The van der Waals surface area contributed by atoms with Crippen LogP contribution in [0.25, 0.3) is 21.7 Å². The highest BCUT2D eigenvalue weighted by Gasteiger charge is 2.34. The van der Waals surface area contributed by atoms with Crippen molar-refractivity contribution in [2.24, 2.45) is 0 Å². The lowest BCUT2D eigenvalue weighted by atomic mass is 10.0. The van der Waals surface area contributed by atoms with E-state index in [1.165, 1.54) is 31.5 Å². The zero-order chi connectivity index (χ0) is 25.8. The van der Waals surface area contributed by atoms with Crippen LogP contribution in [-0.4, -0.2) is 46.7 Å². The summed E-state index contributed by atoms with van der Waals surface area (Å²) in [5.74, 6) is -0.513. The van der Waals surface area contributed by atoms with Gasteiger partial charge in [0.1, 0.15) is 10.8 Å². The summed E-state index contributed by atoms with van der Waals surface area (Å²) in [6, 6.07) is 3.82. The number of urea groups is 1. The van der Waals surface area contributed by atoms with E-state index in [-0.39, 0.29) is 34.1 Å². The number of hydrogen-bond donors (Lipinski definition) is 2. The minimum atomic E-state index is -4.63. The standard InChI is InChI=1S/C22H22F3N5O4S/c1-5-26-21(32)30-17-8-13(19-29-16(10-35-19)22(23,24)25)14(9-27-17)12-6-15(20(31)33-4)28-18(7-12)34-11(2)3/h6-11H,5H2,1-4H3,(H2,26,27,30,32). The van der Waals surface area contributed by atoms with Crippen molar-refractivity contribution in [2.75, 3.05) is 19.0 Å². The van der Waals surface area contributed by atoms with E-state index in [1.807, 2.05) is 0 Å². The van der Waals surface area contributed by atoms with Crippen LogP contribution in [-0.2, 0) is 10.9 Å². The smallest absolute Gasteiger partial charge is 0.434 e. The van der Waals surface area contributed by atoms with Gasteiger partial charge in [0.15, 0.2) is 11.4 Å². The fourth-order valence-corrected chi connectivity index (χ4v) is 3.81. The zero-order valence-electron chi connectivity index (χ0n) is 19.2. The van der Waals surface area contributed by atoms with Crippen LogP contribution in [0.2, 0.25) is 0 Å². The Hall–Kier alpha value is -3.74. The molecule has 0 aliphatic rings. The maximum Gasteiger partial charge on any atom is 0.434 e. The van der Waals surface area contributed by atoms with E-state index in [2.05, 4.69) is 25.6 Å². The Labute approximate surface area is 202 Å². The molecule has 0 unspecified atom stereocenters. The quantitative estimate of drug-likeness (QED) is 0.431. The van der Waals surface area contributed by atoms with E-state index in [0.717, 1.165) is 16.7 Å². The Morgan fingerprint density at radius 2 is 1.89 bits per heavy atom. The van der Waals surface area contributed by atoms with E-state index >= 15 is 0 Å². The summed E-state index contributed by atoms with van der Waals surface area (Å²) < 4.78 is 50.1. The third-order valence-electron chi connectivity index (χ3n) is 4.37. The number of carbonyl (C=O) groups excluding carboxylic acids is 2. The van der Waals surface area contributed by atoms with Crippen molar-refractivity contribution in [1.29, 1.82) is 0 Å². The van der Waals surface area contributed by atoms with Crippen LogP contribution in [0.4, 0.5) is 23.8 Å². The lowest BCUT2D eigenvalue weighted by molar-refractivity contribution is -0.140. The number of hydrogen-bond acceptors (Lipinski definition) is 8. The van der Waals surface area contributed by atoms with Crippen molar-refractivity contribution in [3.8, 4) is 27.6 Å². The van der Waals surface area contributed by atoms with Crippen molar-refractivity contribution in [3.63, 3.8) is 0 Å². The molecule has 3 heterocycles. The molecule has 3 aromatic heterocycles. The highest BCUT2D eigenvalue weighted by atomic mass is 32.1. The number of nitrogens with one attached hydrogen (secondary N) is 2. The van der Waals surface area contributed by atoms with Gasteiger partial charge in [0.05, 0.1) is 13.2 Å². The number of amides is 2. The minimum Gasteiger partial charge on any atom is -0.475 e. The molecule has 0 atom stereocenters. The van der Waals surface area contributed by atoms with Crippen LogP contribution in [0.15, 0.2) is 29.8 Å². The molecule has 0 spiro atoms. The molecule has 0 radical (unpaired) electrons. The Kier molecular flexibility index (Phi) is 7.89. The minimum absolute atomic E-state index is 0.0384. The van der Waals surface area contributed by atoms with E-state index in [9.17, 15) is 22.8 Å². The summed E-state index contributed by atoms with van der Waals surface area (Å²) in [5, 5.41) is 6.01. The van der Waals surface area contributed by atoms with Gasteiger partial charge in [0.25, 0.3) is 0 Å². The van der Waals surface area contributed by atoms with Gasteiger partial charge in [-0.25, -0.2) is 24.5 Å². The number of ether oxygens (including phenoxy) is 2. The normalized spacial score (nSPS) is 11.3. The third kappa shape index (κ3) is 6.44. The number of halogens is 3. The first kappa shape index (κ1) is 25.9. The van der Waals surface area contributed by atoms with Crippen LogP contribution >= 0.6 is 11.3 Å². The van der Waals surface area contributed by atoms with Gasteiger partial charge in [-0.3, -0.25) is 5.32 Å². The molecule has 0 fully saturated rings. The third-order valence-corrected chi connectivity index (χ3v) is 5.25. The molecule has 0 aromatic carbocycles. The molecular weight excluding hydrogens is 487 g/mol. The Morgan fingerprint density at radius 3 is 2.49 bits per heavy atom. The molecule has 9 nitrogen and oxygen atoms in total. The topological polar surface area (TPSA) is 115 Å². The Bertz CT molecular complexity index is 1230.